The van der Waals surface area contributed by atoms with Crippen LogP contribution in [-0.4, -0.2) is 42.5 Å². The fourth-order valence-corrected chi connectivity index (χ4v) is 11.4. The molecule has 0 saturated heterocycles. The lowest BCUT2D eigenvalue weighted by atomic mass is 9.65. The standard InChI is InChI=1S/C19H29NO.C18H30O.C18H28O.C17H27N.C17H25N/c1-18(2,3)11-9-17(21)20-12-10-14-13-15(19(4,5)6)7-8-16(14)20;1-16(2,3)13-19-15-11-9-14(10-12-15)18(7,8)17(4,5)6;1-17(2,3)12-11-16(19)13-14-7-9-15(10-8-14)18(4,5)6;2*1-16(2,3)12-18-10-9-13-11-14(17(4,5)6)7-8-15(13)18/h7-8,13H,9-12H2,1-6H3;9-12H,13H2,1-8H3;7-10H,11-13H2,1-6H3;7-8,11H,9-10,12H2,1-6H3;7-11H,12H2,1-6H3. The molecule has 8 rings (SSSR count). The van der Waals surface area contributed by atoms with Crippen molar-refractivity contribution in [3.05, 3.63) is 160 Å². The van der Waals surface area contributed by atoms with Gasteiger partial charge in [-0.1, -0.05) is 288 Å². The van der Waals surface area contributed by atoms with Crippen molar-refractivity contribution in [2.45, 2.75) is 300 Å². The van der Waals surface area contributed by atoms with Crippen LogP contribution in [0.15, 0.2) is 115 Å². The van der Waals surface area contributed by atoms with Crippen LogP contribution in [0.5, 0.6) is 5.75 Å². The number of benzene rings is 5. The van der Waals surface area contributed by atoms with Gasteiger partial charge >= 0.3 is 0 Å². The molecule has 6 nitrogen and oxygen atoms in total. The third-order valence-electron chi connectivity index (χ3n) is 18.6. The molecule has 5 aromatic carbocycles. The van der Waals surface area contributed by atoms with Gasteiger partial charge in [-0.05, 0) is 178 Å². The number of ether oxygens (including phenoxy) is 1. The molecule has 1 amide bonds. The highest BCUT2D eigenvalue weighted by Crippen LogP contribution is 2.42. The number of carbonyl (C=O) groups excluding carboxylic acids is 2. The Morgan fingerprint density at radius 3 is 1.31 bits per heavy atom. The maximum Gasteiger partial charge on any atom is 0.227 e. The molecule has 0 N–H and O–H groups in total. The van der Waals surface area contributed by atoms with Crippen molar-refractivity contribution < 1.29 is 14.3 Å². The molecule has 2 aliphatic heterocycles. The van der Waals surface area contributed by atoms with E-state index in [-0.39, 0.29) is 54.6 Å². The highest BCUT2D eigenvalue weighted by Gasteiger charge is 2.35. The summed E-state index contributed by atoms with van der Waals surface area (Å²) in [5.74, 6) is 1.58. The summed E-state index contributed by atoms with van der Waals surface area (Å²) in [6.45, 7) is 76.9. The van der Waals surface area contributed by atoms with Gasteiger partial charge in [0.1, 0.15) is 11.5 Å². The van der Waals surface area contributed by atoms with Crippen LogP contribution >= 0.6 is 0 Å². The zero-order chi connectivity index (χ0) is 72.5. The quantitative estimate of drug-likeness (QED) is 0.130. The normalized spacial score (nSPS) is 14.1. The van der Waals surface area contributed by atoms with E-state index < -0.39 is 0 Å². The minimum absolute atomic E-state index is 0.148. The molecular weight excluding hydrogens is 1160 g/mol. The SMILES string of the molecule is CC(C)(C)CCC(=O)Cc1ccc(C(C)(C)C)cc1.CC(C)(C)CCC(=O)N1CCc2cc(C(C)(C)C)ccc21.CC(C)(C)CN1CCc2cc(C(C)(C)C)ccc21.CC(C)(C)COc1ccc(C(C)(C)C(C)(C)C)cc1.CC(C)(C)Cn1ccc2cc(C(C)(C)C)ccc21. The first kappa shape index (κ1) is 81.8. The second-order valence-electron chi connectivity index (χ2n) is 39.8. The molecule has 95 heavy (non-hydrogen) atoms. The smallest absolute Gasteiger partial charge is 0.227 e. The third-order valence-corrected chi connectivity index (χ3v) is 18.6. The molecule has 0 fully saturated rings. The summed E-state index contributed by atoms with van der Waals surface area (Å²) in [5, 5.41) is 1.35. The average Bonchev–Trinajstić information content (AvgIpc) is 1.65. The number of hydrogen-bond acceptors (Lipinski definition) is 4. The molecule has 528 valence electrons. The van der Waals surface area contributed by atoms with E-state index in [1.807, 2.05) is 4.90 Å². The predicted octanol–water partition coefficient (Wildman–Crippen LogP) is 24.4. The Morgan fingerprint density at radius 1 is 0.411 bits per heavy atom. The van der Waals surface area contributed by atoms with Crippen LogP contribution < -0.4 is 14.5 Å². The Hall–Kier alpha value is -5.62. The van der Waals surface area contributed by atoms with Gasteiger partial charge in [-0.2, -0.15) is 0 Å². The molecule has 0 atom stereocenters. The Bertz CT molecular complexity index is 3390. The lowest BCUT2D eigenvalue weighted by Crippen LogP contribution is -2.33. The molecule has 1 aromatic heterocycles. The maximum atomic E-state index is 12.5. The van der Waals surface area contributed by atoms with Gasteiger partial charge in [-0.15, -0.1) is 0 Å². The van der Waals surface area contributed by atoms with E-state index in [2.05, 4.69) is 346 Å². The number of hydrogen-bond donors (Lipinski definition) is 0. The molecule has 0 spiro atoms. The summed E-state index contributed by atoms with van der Waals surface area (Å²) >= 11 is 0. The van der Waals surface area contributed by atoms with Gasteiger partial charge in [0, 0.05) is 68.5 Å². The van der Waals surface area contributed by atoms with Gasteiger partial charge in [-0.25, -0.2) is 0 Å². The van der Waals surface area contributed by atoms with E-state index in [1.54, 1.807) is 0 Å². The summed E-state index contributed by atoms with van der Waals surface area (Å²) < 4.78 is 8.19. The molecule has 2 aliphatic rings. The topological polar surface area (TPSA) is 54.8 Å². The molecular formula is C89H139N3O3. The molecule has 3 heterocycles. The average molecular weight is 1300 g/mol. The van der Waals surface area contributed by atoms with Crippen LogP contribution in [0.25, 0.3) is 10.9 Å². The number of anilines is 2. The van der Waals surface area contributed by atoms with Crippen LogP contribution in [0, 0.1) is 32.5 Å². The number of fused-ring (bicyclic) bond motifs is 3. The Labute approximate surface area is 584 Å². The van der Waals surface area contributed by atoms with E-state index in [1.165, 1.54) is 68.5 Å². The van der Waals surface area contributed by atoms with E-state index >= 15 is 0 Å². The number of aromatic nitrogens is 1. The van der Waals surface area contributed by atoms with Crippen molar-refractivity contribution in [1.82, 2.24) is 4.57 Å². The zero-order valence-electron chi connectivity index (χ0n) is 67.0. The van der Waals surface area contributed by atoms with Gasteiger partial charge < -0.3 is 19.1 Å². The summed E-state index contributed by atoms with van der Waals surface area (Å²) in [6.07, 6.45) is 8.21. The molecule has 0 radical (unpaired) electrons. The molecule has 6 aromatic rings. The van der Waals surface area contributed by atoms with Crippen molar-refractivity contribution in [2.75, 3.05) is 36.0 Å². The van der Waals surface area contributed by atoms with Crippen molar-refractivity contribution in [3.8, 4) is 5.75 Å². The zero-order valence-corrected chi connectivity index (χ0v) is 67.0. The van der Waals surface area contributed by atoms with Crippen molar-refractivity contribution in [1.29, 1.82) is 0 Å². The van der Waals surface area contributed by atoms with Gasteiger partial charge in [0.05, 0.1) is 6.61 Å². The largest absolute Gasteiger partial charge is 0.493 e. The van der Waals surface area contributed by atoms with Gasteiger partial charge in [0.2, 0.25) is 5.91 Å². The van der Waals surface area contributed by atoms with E-state index in [0.29, 0.717) is 35.9 Å². The summed E-state index contributed by atoms with van der Waals surface area (Å²) in [4.78, 5) is 28.9. The number of carbonyl (C=O) groups is 2. The first-order valence-electron chi connectivity index (χ1n) is 36.2. The van der Waals surface area contributed by atoms with E-state index in [4.69, 9.17) is 4.74 Å². The molecule has 0 saturated carbocycles. The van der Waals surface area contributed by atoms with E-state index in [9.17, 15) is 9.59 Å². The van der Waals surface area contributed by atoms with Crippen LogP contribution in [0.4, 0.5) is 11.4 Å². The monoisotopic (exact) mass is 1300 g/mol. The fraction of sp³-hybridized carbons (Fsp3) is 0.618. The summed E-state index contributed by atoms with van der Waals surface area (Å²) in [7, 11) is 0. The summed E-state index contributed by atoms with van der Waals surface area (Å²) in [5.41, 5.74) is 17.4. The van der Waals surface area contributed by atoms with Crippen LogP contribution in [-0.2, 0) is 62.5 Å². The highest BCUT2D eigenvalue weighted by molar-refractivity contribution is 5.95. The second-order valence-corrected chi connectivity index (χ2v) is 39.8. The lowest BCUT2D eigenvalue weighted by Gasteiger charge is -2.39. The first-order valence-corrected chi connectivity index (χ1v) is 36.2. The van der Waals surface area contributed by atoms with Gasteiger partial charge in [0.25, 0.3) is 0 Å². The van der Waals surface area contributed by atoms with Crippen LogP contribution in [0.2, 0.25) is 0 Å². The highest BCUT2D eigenvalue weighted by atomic mass is 16.5. The number of rotatable bonds is 11. The van der Waals surface area contributed by atoms with Crippen molar-refractivity contribution in [3.63, 3.8) is 0 Å². The lowest BCUT2D eigenvalue weighted by molar-refractivity contribution is -0.119. The molecule has 0 bridgehead atoms. The first-order chi connectivity index (χ1) is 42.9. The van der Waals surface area contributed by atoms with Gasteiger partial charge in [0.15, 0.2) is 0 Å². The molecule has 6 heteroatoms. The van der Waals surface area contributed by atoms with Crippen molar-refractivity contribution >= 4 is 34.0 Å². The Balaban J connectivity index is 0.000000253. The number of ketones is 1. The third kappa shape index (κ3) is 27.3. The Kier molecular flexibility index (Phi) is 27.1. The summed E-state index contributed by atoms with van der Waals surface area (Å²) in [6, 6.07) is 39.8. The van der Waals surface area contributed by atoms with Crippen molar-refractivity contribution in [2.24, 2.45) is 32.5 Å². The van der Waals surface area contributed by atoms with Crippen LogP contribution in [0.3, 0.4) is 0 Å². The van der Waals surface area contributed by atoms with Crippen LogP contribution in [0.1, 0.15) is 292 Å². The van der Waals surface area contributed by atoms with E-state index in [0.717, 1.165) is 62.5 Å². The fourth-order valence-electron chi connectivity index (χ4n) is 11.4. The Morgan fingerprint density at radius 2 is 0.842 bits per heavy atom. The minimum Gasteiger partial charge on any atom is -0.493 e. The molecule has 0 aliphatic carbocycles. The molecule has 0 unspecified atom stereocenters. The number of Topliss-reactive ketones (excluding diaryl/α,β-unsaturated/α-hetero) is 1. The minimum atomic E-state index is 0.148. The maximum absolute atomic E-state index is 12.5. The second kappa shape index (κ2) is 31.5. The number of amides is 1. The predicted molar refractivity (Wildman–Crippen MR) is 417 cm³/mol. The van der Waals surface area contributed by atoms with Gasteiger partial charge in [-0.3, -0.25) is 9.59 Å². The number of nitrogens with zero attached hydrogens (tertiary/aromatic N) is 3.